The second-order valence-electron chi connectivity index (χ2n) is 25.6. The molecule has 11 nitrogen and oxygen atoms in total. The van der Waals surface area contributed by atoms with E-state index in [9.17, 15) is 35.1 Å². The van der Waals surface area contributed by atoms with Crippen LogP contribution in [0.15, 0.2) is 60.8 Å². The van der Waals surface area contributed by atoms with Crippen molar-refractivity contribution in [2.45, 2.75) is 391 Å². The number of aliphatic hydroxyl groups excluding tert-OH is 5. The molecule has 0 aliphatic carbocycles. The lowest BCUT2D eigenvalue weighted by Crippen LogP contribution is -2.60. The first-order chi connectivity index (χ1) is 42.7. The molecule has 0 saturated carbocycles. The van der Waals surface area contributed by atoms with E-state index in [0.717, 1.165) is 77.0 Å². The Labute approximate surface area is 535 Å². The van der Waals surface area contributed by atoms with Crippen molar-refractivity contribution in [1.29, 1.82) is 0 Å². The molecule has 87 heavy (non-hydrogen) atoms. The number of nitrogens with one attached hydrogen (secondary N) is 1. The summed E-state index contributed by atoms with van der Waals surface area (Å²) in [5.41, 5.74) is 0. The number of carbonyl (C=O) groups excluding carboxylic acids is 2. The van der Waals surface area contributed by atoms with Crippen LogP contribution in [-0.4, -0.2) is 100 Å². The first kappa shape index (κ1) is 82.4. The van der Waals surface area contributed by atoms with Crippen molar-refractivity contribution in [3.63, 3.8) is 0 Å². The molecule has 508 valence electrons. The van der Waals surface area contributed by atoms with Crippen LogP contribution in [0.3, 0.4) is 0 Å². The quantitative estimate of drug-likeness (QED) is 0.0195. The SMILES string of the molecule is CCCCCC/C=C/CC/C=C/CC/C=C/C(O)C(COC1OC(CO)C(O)C(O)C1O)NC(=O)CCCCCCCCCCCCCCCCCCC/C=C\C/C=C\CCCCCCCCCCCOC(=O)CCCCCCCCCCCCCC. The van der Waals surface area contributed by atoms with Crippen molar-refractivity contribution in [2.24, 2.45) is 0 Å². The molecule has 1 aliphatic heterocycles. The molecular weight excluding hydrogens is 1090 g/mol. The Morgan fingerprint density at radius 2 is 0.782 bits per heavy atom. The lowest BCUT2D eigenvalue weighted by molar-refractivity contribution is -0.302. The summed E-state index contributed by atoms with van der Waals surface area (Å²) in [6.07, 6.45) is 76.5. The predicted molar refractivity (Wildman–Crippen MR) is 366 cm³/mol. The summed E-state index contributed by atoms with van der Waals surface area (Å²) in [5, 5.41) is 54.5. The van der Waals surface area contributed by atoms with Crippen LogP contribution in [0.1, 0.15) is 348 Å². The molecular formula is C76H139NO10. The molecule has 0 aromatic heterocycles. The number of carbonyl (C=O) groups is 2. The van der Waals surface area contributed by atoms with Crippen molar-refractivity contribution in [2.75, 3.05) is 19.8 Å². The first-order valence-electron chi connectivity index (χ1n) is 37.1. The van der Waals surface area contributed by atoms with Gasteiger partial charge in [0.25, 0.3) is 0 Å². The summed E-state index contributed by atoms with van der Waals surface area (Å²) in [4.78, 5) is 25.1. The molecule has 1 amide bonds. The normalized spacial score (nSPS) is 18.2. The fourth-order valence-corrected chi connectivity index (χ4v) is 11.5. The minimum atomic E-state index is -1.58. The molecule has 1 aliphatic rings. The molecule has 0 aromatic carbocycles. The van der Waals surface area contributed by atoms with Crippen LogP contribution in [0.4, 0.5) is 0 Å². The van der Waals surface area contributed by atoms with Gasteiger partial charge in [0, 0.05) is 12.8 Å². The van der Waals surface area contributed by atoms with Gasteiger partial charge in [-0.05, 0) is 89.9 Å². The molecule has 7 atom stereocenters. The highest BCUT2D eigenvalue weighted by Gasteiger charge is 2.44. The lowest BCUT2D eigenvalue weighted by atomic mass is 9.99. The van der Waals surface area contributed by atoms with Gasteiger partial charge in [-0.1, -0.05) is 306 Å². The third-order valence-corrected chi connectivity index (χ3v) is 17.3. The zero-order chi connectivity index (χ0) is 63.0. The molecule has 11 heteroatoms. The summed E-state index contributed by atoms with van der Waals surface area (Å²) in [6.45, 7) is 4.33. The molecule has 0 spiro atoms. The average Bonchev–Trinajstić information content (AvgIpc) is 1.86. The van der Waals surface area contributed by atoms with Crippen LogP contribution >= 0.6 is 0 Å². The maximum absolute atomic E-state index is 13.1. The molecule has 1 rings (SSSR count). The largest absolute Gasteiger partial charge is 0.466 e. The summed E-state index contributed by atoms with van der Waals surface area (Å²) in [5.74, 6) is -0.187. The number of hydrogen-bond donors (Lipinski definition) is 6. The summed E-state index contributed by atoms with van der Waals surface area (Å²) in [7, 11) is 0. The zero-order valence-corrected chi connectivity index (χ0v) is 56.5. The Balaban J connectivity index is 1.98. The van der Waals surface area contributed by atoms with E-state index < -0.39 is 49.5 Å². The Bertz CT molecular complexity index is 1630. The number of unbranched alkanes of at least 4 members (excludes halogenated alkanes) is 43. The van der Waals surface area contributed by atoms with Gasteiger partial charge in [0.2, 0.25) is 5.91 Å². The maximum atomic E-state index is 13.1. The summed E-state index contributed by atoms with van der Waals surface area (Å²) < 4.78 is 16.7. The van der Waals surface area contributed by atoms with Crippen LogP contribution in [-0.2, 0) is 23.8 Å². The molecule has 1 heterocycles. The number of allylic oxidation sites excluding steroid dienone is 9. The van der Waals surface area contributed by atoms with Crippen molar-refractivity contribution >= 4 is 11.9 Å². The van der Waals surface area contributed by atoms with Crippen molar-refractivity contribution in [3.05, 3.63) is 60.8 Å². The van der Waals surface area contributed by atoms with E-state index in [4.69, 9.17) is 14.2 Å². The van der Waals surface area contributed by atoms with E-state index in [2.05, 4.69) is 67.8 Å². The molecule has 1 saturated heterocycles. The van der Waals surface area contributed by atoms with Gasteiger partial charge in [-0.25, -0.2) is 0 Å². The molecule has 1 fully saturated rings. The van der Waals surface area contributed by atoms with Crippen LogP contribution in [0, 0.1) is 0 Å². The molecule has 6 N–H and O–H groups in total. The van der Waals surface area contributed by atoms with E-state index in [0.29, 0.717) is 19.4 Å². The second-order valence-corrected chi connectivity index (χ2v) is 25.6. The number of amides is 1. The Morgan fingerprint density at radius 1 is 0.425 bits per heavy atom. The van der Waals surface area contributed by atoms with Crippen molar-refractivity contribution < 1.29 is 49.3 Å². The Morgan fingerprint density at radius 3 is 1.22 bits per heavy atom. The maximum Gasteiger partial charge on any atom is 0.305 e. The van der Waals surface area contributed by atoms with Gasteiger partial charge in [-0.2, -0.15) is 0 Å². The minimum absolute atomic E-state index is 0.00722. The first-order valence-corrected chi connectivity index (χ1v) is 37.1. The van der Waals surface area contributed by atoms with Crippen LogP contribution in [0.25, 0.3) is 0 Å². The van der Waals surface area contributed by atoms with Gasteiger partial charge < -0.3 is 45.1 Å². The predicted octanol–water partition coefficient (Wildman–Crippen LogP) is 19.3. The Hall–Kier alpha value is -2.64. The molecule has 7 unspecified atom stereocenters. The third-order valence-electron chi connectivity index (χ3n) is 17.3. The van der Waals surface area contributed by atoms with E-state index in [1.165, 1.54) is 244 Å². The van der Waals surface area contributed by atoms with Gasteiger partial charge in [0.1, 0.15) is 24.4 Å². The fraction of sp³-hybridized carbons (Fsp3) is 0.842. The molecule has 0 radical (unpaired) electrons. The number of esters is 1. The van der Waals surface area contributed by atoms with Gasteiger partial charge in [-0.15, -0.1) is 0 Å². The summed E-state index contributed by atoms with van der Waals surface area (Å²) >= 11 is 0. The minimum Gasteiger partial charge on any atom is -0.466 e. The standard InChI is InChI=1S/C76H139NO10/c1-3-5-7-9-11-13-15-17-39-42-46-50-54-58-62-69(79)68(67-86-76-75(84)74(83)73(82)70(66-78)87-76)77-71(80)63-59-55-51-47-43-40-37-35-33-31-29-27-25-23-21-19-18-20-22-24-26-28-30-32-34-36-38-41-45-49-53-57-61-65-85-72(81)64-60-56-52-48-44-16-14-12-10-8-6-4-2/h13,15,22,24,28,30,42,46,58,62,68-70,73-76,78-79,82-84H,3-12,14,16-21,23,25-27,29,31-41,43-45,47-57,59-61,63-67H2,1-2H3,(H,77,80)/b15-13+,24-22-,30-28-,46-42+,62-58+. The van der Waals surface area contributed by atoms with E-state index >= 15 is 0 Å². The van der Waals surface area contributed by atoms with Gasteiger partial charge in [0.15, 0.2) is 6.29 Å². The average molecular weight is 1230 g/mol. The van der Waals surface area contributed by atoms with Gasteiger partial charge >= 0.3 is 5.97 Å². The topological polar surface area (TPSA) is 175 Å². The van der Waals surface area contributed by atoms with Crippen molar-refractivity contribution in [3.8, 4) is 0 Å². The van der Waals surface area contributed by atoms with Crippen molar-refractivity contribution in [1.82, 2.24) is 5.32 Å². The number of aliphatic hydroxyl groups is 5. The third kappa shape index (κ3) is 53.7. The van der Waals surface area contributed by atoms with E-state index in [-0.39, 0.29) is 18.5 Å². The second kappa shape index (κ2) is 64.9. The highest BCUT2D eigenvalue weighted by molar-refractivity contribution is 5.76. The molecule has 0 bridgehead atoms. The zero-order valence-electron chi connectivity index (χ0n) is 56.5. The van der Waals surface area contributed by atoms with Crippen LogP contribution in [0.5, 0.6) is 0 Å². The monoisotopic (exact) mass is 1230 g/mol. The highest BCUT2D eigenvalue weighted by Crippen LogP contribution is 2.23. The number of hydrogen-bond acceptors (Lipinski definition) is 10. The summed E-state index contributed by atoms with van der Waals surface area (Å²) in [6, 6.07) is -0.834. The number of rotatable bonds is 65. The van der Waals surface area contributed by atoms with Crippen LogP contribution in [0.2, 0.25) is 0 Å². The van der Waals surface area contributed by atoms with Gasteiger partial charge in [-0.3, -0.25) is 9.59 Å². The number of ether oxygens (including phenoxy) is 3. The smallest absolute Gasteiger partial charge is 0.305 e. The van der Waals surface area contributed by atoms with Gasteiger partial charge in [0.05, 0.1) is 32.0 Å². The van der Waals surface area contributed by atoms with E-state index in [1.807, 2.05) is 6.08 Å². The lowest BCUT2D eigenvalue weighted by Gasteiger charge is -2.40. The Kier molecular flexibility index (Phi) is 61.4. The highest BCUT2D eigenvalue weighted by atomic mass is 16.7. The molecule has 0 aromatic rings. The van der Waals surface area contributed by atoms with Crippen LogP contribution < -0.4 is 5.32 Å². The fourth-order valence-electron chi connectivity index (χ4n) is 11.5. The van der Waals surface area contributed by atoms with E-state index in [1.54, 1.807) is 6.08 Å².